The first kappa shape index (κ1) is 21.3. The molecule has 1 aliphatic heterocycles. The zero-order valence-corrected chi connectivity index (χ0v) is 18.2. The van der Waals surface area contributed by atoms with Gasteiger partial charge >= 0.3 is 0 Å². The molecule has 0 aliphatic carbocycles. The van der Waals surface area contributed by atoms with E-state index in [1.54, 1.807) is 23.1 Å². The van der Waals surface area contributed by atoms with Crippen LogP contribution in [0.5, 0.6) is 0 Å². The molecule has 0 bridgehead atoms. The quantitative estimate of drug-likeness (QED) is 0.471. The summed E-state index contributed by atoms with van der Waals surface area (Å²) < 4.78 is 29.4. The molecule has 0 spiro atoms. The number of halogens is 2. The van der Waals surface area contributed by atoms with Gasteiger partial charge in [0.2, 0.25) is 0 Å². The van der Waals surface area contributed by atoms with Gasteiger partial charge in [-0.25, -0.2) is 8.78 Å². The Balaban J connectivity index is 1.72. The average Bonchev–Trinajstić information content (AvgIpc) is 3.39. The Morgan fingerprint density at radius 3 is 2.58 bits per heavy atom. The lowest BCUT2D eigenvalue weighted by Crippen LogP contribution is -2.31. The number of para-hydroxylation sites is 1. The van der Waals surface area contributed by atoms with Gasteiger partial charge in [0.25, 0.3) is 11.5 Å². The van der Waals surface area contributed by atoms with Crippen LogP contribution in [0.25, 0.3) is 15.9 Å². The highest BCUT2D eigenvalue weighted by Gasteiger charge is 2.29. The lowest BCUT2D eigenvalue weighted by molar-refractivity contribution is 0.0796. The van der Waals surface area contributed by atoms with Gasteiger partial charge in [0.05, 0.1) is 17.1 Å². The van der Waals surface area contributed by atoms with Gasteiger partial charge in [-0.1, -0.05) is 18.2 Å². The largest absolute Gasteiger partial charge is 0.351 e. The number of anilines is 2. The van der Waals surface area contributed by atoms with Crippen LogP contribution in [0.15, 0.2) is 65.5 Å². The van der Waals surface area contributed by atoms with Gasteiger partial charge in [-0.3, -0.25) is 14.2 Å². The fourth-order valence-electron chi connectivity index (χ4n) is 4.02. The number of benzene rings is 2. The molecule has 1 amide bonds. The summed E-state index contributed by atoms with van der Waals surface area (Å²) in [5.41, 5.74) is 6.79. The molecule has 33 heavy (non-hydrogen) atoms. The predicted molar refractivity (Wildman–Crippen MR) is 126 cm³/mol. The number of nitrogens with one attached hydrogen (secondary N) is 1. The van der Waals surface area contributed by atoms with Crippen LogP contribution in [-0.4, -0.2) is 34.5 Å². The highest BCUT2D eigenvalue weighted by Crippen LogP contribution is 2.39. The number of pyridine rings is 1. The molecule has 3 N–H and O–H groups in total. The third-order valence-electron chi connectivity index (χ3n) is 5.65. The summed E-state index contributed by atoms with van der Waals surface area (Å²) >= 11 is 1.16. The first-order valence-electron chi connectivity index (χ1n) is 10.4. The zero-order valence-electron chi connectivity index (χ0n) is 17.4. The summed E-state index contributed by atoms with van der Waals surface area (Å²) in [7, 11) is 0. The third-order valence-corrected chi connectivity index (χ3v) is 6.83. The van der Waals surface area contributed by atoms with E-state index in [9.17, 15) is 18.4 Å². The van der Waals surface area contributed by atoms with Gasteiger partial charge in [-0.15, -0.1) is 11.3 Å². The van der Waals surface area contributed by atoms with E-state index >= 15 is 0 Å². The van der Waals surface area contributed by atoms with E-state index in [1.807, 2.05) is 18.2 Å². The van der Waals surface area contributed by atoms with Crippen molar-refractivity contribution in [2.24, 2.45) is 5.73 Å². The fourth-order valence-corrected chi connectivity index (χ4v) is 5.26. The summed E-state index contributed by atoms with van der Waals surface area (Å²) in [5.74, 6) is -1.73. The molecule has 0 radical (unpaired) electrons. The van der Waals surface area contributed by atoms with Crippen LogP contribution in [0.2, 0.25) is 0 Å². The van der Waals surface area contributed by atoms with E-state index in [2.05, 4.69) is 5.32 Å². The number of nitrogens with two attached hydrogens (primary N) is 1. The van der Waals surface area contributed by atoms with Crippen LogP contribution in [-0.2, 0) is 0 Å². The van der Waals surface area contributed by atoms with Crippen molar-refractivity contribution in [3.05, 3.63) is 87.5 Å². The number of carbonyl (C=O) groups excluding carboxylic acids is 1. The number of thiophene rings is 1. The fraction of sp³-hybridized carbons (Fsp3) is 0.167. The number of fused-ring (bicyclic) bond motifs is 1. The third kappa shape index (κ3) is 3.90. The van der Waals surface area contributed by atoms with Crippen molar-refractivity contribution >= 4 is 38.8 Å². The van der Waals surface area contributed by atoms with Crippen molar-refractivity contribution in [1.82, 2.24) is 9.47 Å². The van der Waals surface area contributed by atoms with Crippen molar-refractivity contribution in [2.75, 3.05) is 18.4 Å². The number of hydrogen-bond donors (Lipinski definition) is 2. The van der Waals surface area contributed by atoms with Crippen LogP contribution < -0.4 is 16.6 Å². The van der Waals surface area contributed by atoms with Crippen molar-refractivity contribution < 1.29 is 13.6 Å². The Morgan fingerprint density at radius 1 is 1.09 bits per heavy atom. The van der Waals surface area contributed by atoms with E-state index in [4.69, 9.17) is 5.73 Å². The van der Waals surface area contributed by atoms with E-state index in [0.717, 1.165) is 23.5 Å². The Morgan fingerprint density at radius 2 is 1.88 bits per heavy atom. The smallest absolute Gasteiger partial charge is 0.266 e. The molecule has 1 fully saturated rings. The number of hydrogen-bond acceptors (Lipinski definition) is 5. The Hall–Kier alpha value is -3.56. The molecule has 3 heterocycles. The Bertz CT molecular complexity index is 1420. The lowest BCUT2D eigenvalue weighted by atomic mass is 10.2. The standard InChI is InChI=1S/C24H20F2N4O2S/c25-14-6-8-19(18(26)12-14)28-21-17-7-9-20(31)30(16-4-2-1-3-5-16)24(17)33-22(21)23(32)29-11-10-15(27)13-29/h1-9,12,15,28H,10-11,13,27H2/t15-/m0/s1. The number of aromatic nitrogens is 1. The SMILES string of the molecule is N[C@H]1CCN(C(=O)c2sc3c(ccc(=O)n3-c3ccccc3)c2Nc2ccc(F)cc2F)C1. The summed E-state index contributed by atoms with van der Waals surface area (Å²) in [4.78, 5) is 28.8. The lowest BCUT2D eigenvalue weighted by Gasteiger charge is -2.16. The molecule has 6 nitrogen and oxygen atoms in total. The highest BCUT2D eigenvalue weighted by molar-refractivity contribution is 7.21. The van der Waals surface area contributed by atoms with Crippen LogP contribution in [0.4, 0.5) is 20.2 Å². The Kier molecular flexibility index (Phi) is 5.43. The van der Waals surface area contributed by atoms with Crippen LogP contribution in [0, 0.1) is 11.6 Å². The minimum Gasteiger partial charge on any atom is -0.351 e. The van der Waals surface area contributed by atoms with E-state index < -0.39 is 11.6 Å². The molecule has 4 aromatic rings. The monoisotopic (exact) mass is 466 g/mol. The van der Waals surface area contributed by atoms with E-state index in [0.29, 0.717) is 46.0 Å². The second-order valence-corrected chi connectivity index (χ2v) is 8.92. The summed E-state index contributed by atoms with van der Waals surface area (Å²) in [6, 6.07) is 15.2. The molecule has 5 rings (SSSR count). The number of likely N-dealkylation sites (tertiary alicyclic amines) is 1. The number of nitrogens with zero attached hydrogens (tertiary/aromatic N) is 2. The zero-order chi connectivity index (χ0) is 23.1. The minimum atomic E-state index is -0.785. The molecule has 0 saturated carbocycles. The van der Waals surface area contributed by atoms with Crippen molar-refractivity contribution in [1.29, 1.82) is 0 Å². The molecular weight excluding hydrogens is 446 g/mol. The van der Waals surface area contributed by atoms with Crippen LogP contribution in [0.3, 0.4) is 0 Å². The van der Waals surface area contributed by atoms with Gasteiger partial charge in [0, 0.05) is 36.7 Å². The van der Waals surface area contributed by atoms with Gasteiger partial charge in [-0.2, -0.15) is 0 Å². The number of carbonyl (C=O) groups is 1. The molecule has 2 aromatic carbocycles. The second-order valence-electron chi connectivity index (χ2n) is 7.92. The normalized spacial score (nSPS) is 15.8. The second kappa shape index (κ2) is 8.42. The summed E-state index contributed by atoms with van der Waals surface area (Å²) in [6.45, 7) is 0.938. The van der Waals surface area contributed by atoms with Crippen molar-refractivity contribution in [3.8, 4) is 5.69 Å². The van der Waals surface area contributed by atoms with Crippen LogP contribution >= 0.6 is 11.3 Å². The molecule has 168 valence electrons. The summed E-state index contributed by atoms with van der Waals surface area (Å²) in [6.07, 6.45) is 0.695. The van der Waals surface area contributed by atoms with Gasteiger partial charge in [0.1, 0.15) is 21.3 Å². The molecule has 0 unspecified atom stereocenters. The summed E-state index contributed by atoms with van der Waals surface area (Å²) in [5, 5.41) is 3.56. The predicted octanol–water partition coefficient (Wildman–Crippen LogP) is 4.25. The molecular formula is C24H20F2N4O2S. The molecule has 1 atom stereocenters. The van der Waals surface area contributed by atoms with Crippen molar-refractivity contribution in [2.45, 2.75) is 12.5 Å². The van der Waals surface area contributed by atoms with Gasteiger partial charge in [0.15, 0.2) is 0 Å². The van der Waals surface area contributed by atoms with E-state index in [-0.39, 0.29) is 23.2 Å². The Labute approximate surface area is 191 Å². The van der Waals surface area contributed by atoms with Crippen LogP contribution in [0.1, 0.15) is 16.1 Å². The number of rotatable bonds is 4. The van der Waals surface area contributed by atoms with Gasteiger partial charge in [-0.05, 0) is 36.8 Å². The van der Waals surface area contributed by atoms with Crippen molar-refractivity contribution in [3.63, 3.8) is 0 Å². The number of amides is 1. The maximum Gasteiger partial charge on any atom is 0.266 e. The maximum absolute atomic E-state index is 14.5. The first-order valence-corrected chi connectivity index (χ1v) is 11.2. The molecule has 2 aromatic heterocycles. The molecule has 9 heteroatoms. The maximum atomic E-state index is 14.5. The molecule has 1 saturated heterocycles. The first-order chi connectivity index (χ1) is 15.9. The van der Waals surface area contributed by atoms with Gasteiger partial charge < -0.3 is 16.0 Å². The molecule has 1 aliphatic rings. The average molecular weight is 467 g/mol. The highest BCUT2D eigenvalue weighted by atomic mass is 32.1. The minimum absolute atomic E-state index is 0.0285. The van der Waals surface area contributed by atoms with E-state index in [1.165, 1.54) is 16.7 Å². The topological polar surface area (TPSA) is 80.4 Å².